The van der Waals surface area contributed by atoms with Gasteiger partial charge in [0.25, 0.3) is 0 Å². The number of benzene rings is 2. The van der Waals surface area contributed by atoms with Crippen LogP contribution in [0, 0.1) is 17.2 Å². The number of ether oxygens (including phenoxy) is 1. The molecule has 0 spiro atoms. The zero-order valence-corrected chi connectivity index (χ0v) is 15.0. The molecule has 1 saturated heterocycles. The van der Waals surface area contributed by atoms with Crippen LogP contribution in [0.1, 0.15) is 61.6 Å². The van der Waals surface area contributed by atoms with Crippen molar-refractivity contribution in [2.75, 3.05) is 11.9 Å². The second kappa shape index (κ2) is 5.89. The summed E-state index contributed by atoms with van der Waals surface area (Å²) in [5.41, 5.74) is 5.79. The highest BCUT2D eigenvalue weighted by atomic mass is 16.5. The molecule has 2 aliphatic heterocycles. The van der Waals surface area contributed by atoms with E-state index in [-0.39, 0.29) is 17.6 Å². The van der Waals surface area contributed by atoms with Crippen LogP contribution >= 0.6 is 0 Å². The lowest BCUT2D eigenvalue weighted by Gasteiger charge is -2.37. The van der Waals surface area contributed by atoms with Crippen LogP contribution in [0.5, 0.6) is 0 Å². The average Bonchev–Trinajstić information content (AvgIpc) is 3.10. The van der Waals surface area contributed by atoms with E-state index < -0.39 is 0 Å². The fourth-order valence-electron chi connectivity index (χ4n) is 4.07. The number of fused-ring (bicyclic) bond motifs is 3. The highest BCUT2D eigenvalue weighted by Gasteiger charge is 2.41. The van der Waals surface area contributed by atoms with Gasteiger partial charge in [0.05, 0.1) is 23.8 Å². The van der Waals surface area contributed by atoms with Crippen molar-refractivity contribution in [3.8, 4) is 6.07 Å². The van der Waals surface area contributed by atoms with Gasteiger partial charge in [-0.05, 0) is 41.2 Å². The molecule has 0 aromatic heterocycles. The molecule has 2 aromatic rings. The first-order valence-corrected chi connectivity index (χ1v) is 9.00. The Morgan fingerprint density at radius 1 is 1.16 bits per heavy atom. The van der Waals surface area contributed by atoms with Gasteiger partial charge in [0, 0.05) is 23.8 Å². The van der Waals surface area contributed by atoms with Gasteiger partial charge in [0.15, 0.2) is 0 Å². The van der Waals surface area contributed by atoms with E-state index in [4.69, 9.17) is 4.74 Å². The second-order valence-corrected chi connectivity index (χ2v) is 8.16. The van der Waals surface area contributed by atoms with Gasteiger partial charge in [0.1, 0.15) is 0 Å². The van der Waals surface area contributed by atoms with Gasteiger partial charge in [-0.2, -0.15) is 5.26 Å². The Hall–Kier alpha value is -2.31. The number of nitrogens with one attached hydrogen (secondary N) is 1. The monoisotopic (exact) mass is 332 g/mol. The van der Waals surface area contributed by atoms with Crippen molar-refractivity contribution in [2.45, 2.75) is 44.8 Å². The van der Waals surface area contributed by atoms with Crippen LogP contribution in [0.3, 0.4) is 0 Å². The van der Waals surface area contributed by atoms with E-state index in [1.165, 1.54) is 16.7 Å². The smallest absolute Gasteiger partial charge is 0.0991 e. The van der Waals surface area contributed by atoms with Crippen molar-refractivity contribution in [3.63, 3.8) is 0 Å². The summed E-state index contributed by atoms with van der Waals surface area (Å²) in [6.07, 6.45) is 1.17. The third kappa shape index (κ3) is 2.81. The minimum Gasteiger partial charge on any atom is -0.378 e. The number of nitrogens with zero attached hydrogens (tertiary/aromatic N) is 1. The molecule has 1 N–H and O–H groups in total. The lowest BCUT2D eigenvalue weighted by atomic mass is 9.78. The maximum atomic E-state index is 9.22. The second-order valence-electron chi connectivity index (χ2n) is 8.16. The van der Waals surface area contributed by atoms with Gasteiger partial charge in [-0.3, -0.25) is 0 Å². The quantitative estimate of drug-likeness (QED) is 0.790. The lowest BCUT2D eigenvalue weighted by Crippen LogP contribution is -2.29. The van der Waals surface area contributed by atoms with Gasteiger partial charge in [-0.15, -0.1) is 0 Å². The third-order valence-electron chi connectivity index (χ3n) is 5.48. The first-order chi connectivity index (χ1) is 12.0. The molecule has 1 fully saturated rings. The van der Waals surface area contributed by atoms with Gasteiger partial charge < -0.3 is 10.1 Å². The molecule has 0 saturated carbocycles. The Kier molecular flexibility index (Phi) is 3.81. The summed E-state index contributed by atoms with van der Waals surface area (Å²) < 4.78 is 6.15. The van der Waals surface area contributed by atoms with Crippen LogP contribution in [0.2, 0.25) is 0 Å². The highest BCUT2D eigenvalue weighted by Crippen LogP contribution is 2.50. The molecule has 0 bridgehead atoms. The zero-order valence-electron chi connectivity index (χ0n) is 15.0. The van der Waals surface area contributed by atoms with Crippen molar-refractivity contribution >= 4 is 5.69 Å². The summed E-state index contributed by atoms with van der Waals surface area (Å²) in [4.78, 5) is 0. The largest absolute Gasteiger partial charge is 0.378 e. The Balaban J connectivity index is 1.76. The van der Waals surface area contributed by atoms with Crippen LogP contribution in [0.4, 0.5) is 5.69 Å². The fourth-order valence-corrected chi connectivity index (χ4v) is 4.07. The van der Waals surface area contributed by atoms with Crippen molar-refractivity contribution < 1.29 is 4.74 Å². The molecule has 3 nitrogen and oxygen atoms in total. The molecule has 128 valence electrons. The van der Waals surface area contributed by atoms with Gasteiger partial charge in [0.2, 0.25) is 0 Å². The number of hydrogen-bond donors (Lipinski definition) is 1. The topological polar surface area (TPSA) is 45.0 Å². The molecule has 0 aliphatic carbocycles. The molecular weight excluding hydrogens is 308 g/mol. The van der Waals surface area contributed by atoms with Crippen molar-refractivity contribution in [1.29, 1.82) is 5.26 Å². The molecule has 0 radical (unpaired) electrons. The van der Waals surface area contributed by atoms with Crippen LogP contribution in [0.25, 0.3) is 0 Å². The maximum absolute atomic E-state index is 9.22. The minimum absolute atomic E-state index is 0.126. The summed E-state index contributed by atoms with van der Waals surface area (Å²) in [5.74, 6) is 0.400. The van der Waals surface area contributed by atoms with E-state index in [9.17, 15) is 5.26 Å². The number of anilines is 1. The first kappa shape index (κ1) is 16.2. The molecule has 0 amide bonds. The molecule has 25 heavy (non-hydrogen) atoms. The van der Waals surface area contributed by atoms with E-state index in [2.05, 4.69) is 56.4 Å². The van der Waals surface area contributed by atoms with Crippen LogP contribution in [0.15, 0.2) is 42.5 Å². The zero-order chi connectivity index (χ0) is 17.6. The van der Waals surface area contributed by atoms with E-state index in [0.29, 0.717) is 11.5 Å². The van der Waals surface area contributed by atoms with Crippen LogP contribution in [-0.4, -0.2) is 6.61 Å². The summed E-state index contributed by atoms with van der Waals surface area (Å²) in [7, 11) is 0. The Labute approximate surface area is 149 Å². The van der Waals surface area contributed by atoms with Crippen molar-refractivity contribution in [2.24, 2.45) is 5.92 Å². The van der Waals surface area contributed by atoms with E-state index >= 15 is 0 Å². The molecule has 3 unspecified atom stereocenters. The molecular formula is C22H24N2O. The predicted octanol–water partition coefficient (Wildman–Crippen LogP) is 5.10. The standard InChI is InChI=1S/C22H24N2O/c1-22(2,3)16-7-8-19-18(12-16)21-17(9-10-25-21)20(24-19)15-6-4-5-14(11-15)13-23/h4-8,11-12,17,20-21,24H,9-10H2,1-3H3. The maximum Gasteiger partial charge on any atom is 0.0991 e. The number of rotatable bonds is 1. The molecule has 3 atom stereocenters. The Morgan fingerprint density at radius 3 is 2.76 bits per heavy atom. The number of hydrogen-bond acceptors (Lipinski definition) is 3. The van der Waals surface area contributed by atoms with Gasteiger partial charge >= 0.3 is 0 Å². The van der Waals surface area contributed by atoms with Crippen LogP contribution in [-0.2, 0) is 10.2 Å². The van der Waals surface area contributed by atoms with E-state index in [0.717, 1.165) is 18.7 Å². The number of nitriles is 1. The first-order valence-electron chi connectivity index (χ1n) is 9.00. The van der Waals surface area contributed by atoms with Gasteiger partial charge in [-0.25, -0.2) is 0 Å². The minimum atomic E-state index is 0.126. The predicted molar refractivity (Wildman–Crippen MR) is 99.5 cm³/mol. The normalized spacial score (nSPS) is 24.8. The summed E-state index contributed by atoms with van der Waals surface area (Å²) in [6, 6.07) is 17.1. The summed E-state index contributed by atoms with van der Waals surface area (Å²) in [5, 5.41) is 12.9. The molecule has 3 heteroatoms. The average molecular weight is 332 g/mol. The molecule has 2 aromatic carbocycles. The van der Waals surface area contributed by atoms with E-state index in [1.807, 2.05) is 18.2 Å². The SMILES string of the molecule is CC(C)(C)c1ccc2c(c1)C1OCCC1C(c1cccc(C#N)c1)N2. The van der Waals surface area contributed by atoms with Crippen LogP contribution < -0.4 is 5.32 Å². The van der Waals surface area contributed by atoms with E-state index in [1.54, 1.807) is 0 Å². The summed E-state index contributed by atoms with van der Waals surface area (Å²) >= 11 is 0. The van der Waals surface area contributed by atoms with Crippen molar-refractivity contribution in [3.05, 3.63) is 64.7 Å². The Morgan fingerprint density at radius 2 is 2.00 bits per heavy atom. The highest BCUT2D eigenvalue weighted by molar-refractivity contribution is 5.59. The molecule has 2 aliphatic rings. The summed E-state index contributed by atoms with van der Waals surface area (Å²) in [6.45, 7) is 7.53. The third-order valence-corrected chi connectivity index (χ3v) is 5.48. The van der Waals surface area contributed by atoms with Crippen molar-refractivity contribution in [1.82, 2.24) is 0 Å². The molecule has 2 heterocycles. The Bertz CT molecular complexity index is 844. The fraction of sp³-hybridized carbons (Fsp3) is 0.409. The van der Waals surface area contributed by atoms with Gasteiger partial charge in [-0.1, -0.05) is 45.0 Å². The molecule has 4 rings (SSSR count). The lowest BCUT2D eigenvalue weighted by molar-refractivity contribution is 0.0828.